The minimum atomic E-state index is -0.545. The number of nitrogens with one attached hydrogen (secondary N) is 1. The third kappa shape index (κ3) is 4.55. The summed E-state index contributed by atoms with van der Waals surface area (Å²) in [4.78, 5) is 27.7. The fourth-order valence-electron chi connectivity index (χ4n) is 3.95. The van der Waals surface area contributed by atoms with E-state index in [1.54, 1.807) is 32.9 Å². The fraction of sp³-hybridized carbons (Fsp3) is 0.458. The summed E-state index contributed by atoms with van der Waals surface area (Å²) in [5.41, 5.74) is 2.77. The fourth-order valence-corrected chi connectivity index (χ4v) is 3.95. The van der Waals surface area contributed by atoms with Crippen molar-refractivity contribution in [2.45, 2.75) is 65.9 Å². The number of amides is 1. The van der Waals surface area contributed by atoms with Crippen LogP contribution in [0.4, 0.5) is 4.39 Å². The second kappa shape index (κ2) is 8.65. The molecule has 0 radical (unpaired) electrons. The van der Waals surface area contributed by atoms with Gasteiger partial charge >= 0.3 is 5.97 Å². The van der Waals surface area contributed by atoms with Gasteiger partial charge in [0.2, 0.25) is 0 Å². The van der Waals surface area contributed by atoms with Crippen molar-refractivity contribution in [3.05, 3.63) is 58.3 Å². The largest absolute Gasteiger partial charge is 0.459 e. The summed E-state index contributed by atoms with van der Waals surface area (Å²) in [6.45, 7) is 11.6. The molecule has 7 heteroatoms. The first-order valence-electron chi connectivity index (χ1n) is 10.6. The van der Waals surface area contributed by atoms with Crippen molar-refractivity contribution < 1.29 is 18.7 Å². The van der Waals surface area contributed by atoms with Gasteiger partial charge in [0.1, 0.15) is 17.1 Å². The van der Waals surface area contributed by atoms with Gasteiger partial charge in [0, 0.05) is 35.0 Å². The quantitative estimate of drug-likeness (QED) is 0.711. The molecule has 0 aliphatic carbocycles. The lowest BCUT2D eigenvalue weighted by molar-refractivity contribution is -0.140. The first-order valence-corrected chi connectivity index (χ1v) is 10.6. The lowest BCUT2D eigenvalue weighted by atomic mass is 9.81. The van der Waals surface area contributed by atoms with Crippen LogP contribution in [0, 0.1) is 12.7 Å². The van der Waals surface area contributed by atoms with Crippen LogP contribution in [0.5, 0.6) is 0 Å². The second-order valence-corrected chi connectivity index (χ2v) is 8.95. The van der Waals surface area contributed by atoms with E-state index < -0.39 is 17.2 Å². The van der Waals surface area contributed by atoms with Crippen molar-refractivity contribution in [1.29, 1.82) is 0 Å². The Labute approximate surface area is 182 Å². The van der Waals surface area contributed by atoms with E-state index in [0.29, 0.717) is 17.8 Å². The Morgan fingerprint density at radius 2 is 2.03 bits per heavy atom. The van der Waals surface area contributed by atoms with Crippen molar-refractivity contribution in [2.75, 3.05) is 6.54 Å². The lowest BCUT2D eigenvalue weighted by Crippen LogP contribution is -2.37. The maximum absolute atomic E-state index is 14.1. The van der Waals surface area contributed by atoms with Crippen LogP contribution in [-0.2, 0) is 21.4 Å². The average molecular weight is 428 g/mol. The molecule has 6 nitrogen and oxygen atoms in total. The maximum atomic E-state index is 14.1. The van der Waals surface area contributed by atoms with Gasteiger partial charge in [-0.3, -0.25) is 9.89 Å². The highest BCUT2D eigenvalue weighted by Gasteiger charge is 2.38. The molecule has 1 amide bonds. The van der Waals surface area contributed by atoms with Crippen LogP contribution in [-0.4, -0.2) is 39.6 Å². The number of halogens is 1. The van der Waals surface area contributed by atoms with Crippen LogP contribution in [0.1, 0.15) is 73.9 Å². The number of esters is 1. The van der Waals surface area contributed by atoms with Gasteiger partial charge in [-0.05, 0) is 44.9 Å². The topological polar surface area (TPSA) is 75.3 Å². The van der Waals surface area contributed by atoms with Gasteiger partial charge in [-0.15, -0.1) is 0 Å². The summed E-state index contributed by atoms with van der Waals surface area (Å²) in [5.74, 6) is -1.37. The highest BCUT2D eigenvalue weighted by molar-refractivity contribution is 6.17. The van der Waals surface area contributed by atoms with Gasteiger partial charge in [-0.1, -0.05) is 33.3 Å². The highest BCUT2D eigenvalue weighted by atomic mass is 19.1. The number of hydrogen-bond donors (Lipinski definition) is 1. The first-order chi connectivity index (χ1) is 14.5. The smallest absolute Gasteiger partial charge is 0.342 e. The summed E-state index contributed by atoms with van der Waals surface area (Å²) in [7, 11) is 0. The molecule has 3 rings (SSSR count). The van der Waals surface area contributed by atoms with E-state index in [9.17, 15) is 14.0 Å². The molecule has 0 bridgehead atoms. The van der Waals surface area contributed by atoms with Gasteiger partial charge < -0.3 is 9.64 Å². The molecular formula is C24H30FN3O3. The number of aryl methyl sites for hydroxylation is 2. The zero-order valence-electron chi connectivity index (χ0n) is 19.0. The molecule has 0 spiro atoms. The predicted molar refractivity (Wildman–Crippen MR) is 117 cm³/mol. The number of H-pyrrole nitrogens is 1. The molecule has 0 saturated carbocycles. The molecule has 166 valence electrons. The Morgan fingerprint density at radius 3 is 2.65 bits per heavy atom. The predicted octanol–water partition coefficient (Wildman–Crippen LogP) is 4.54. The summed E-state index contributed by atoms with van der Waals surface area (Å²) in [6, 6.07) is 4.41. The van der Waals surface area contributed by atoms with Crippen LogP contribution < -0.4 is 0 Å². The van der Waals surface area contributed by atoms with Gasteiger partial charge in [0.15, 0.2) is 0 Å². The second-order valence-electron chi connectivity index (χ2n) is 8.95. The third-order valence-electron chi connectivity index (χ3n) is 5.37. The van der Waals surface area contributed by atoms with Crippen molar-refractivity contribution in [3.8, 4) is 0 Å². The number of rotatable bonds is 5. The standard InChI is InChI=1S/C24H30FN3O3/c1-7-8-19-20-21(27-26-19)17(23(30)31-14(2)3)12-28(13-24(20,5)6)22(29)16-10-9-15(4)18(25)11-16/h9-12,14H,7-8,13H2,1-6H3,(H,26,27). The molecule has 2 heterocycles. The zero-order valence-corrected chi connectivity index (χ0v) is 19.0. The van der Waals surface area contributed by atoms with Crippen molar-refractivity contribution in [2.24, 2.45) is 0 Å². The summed E-state index contributed by atoms with van der Waals surface area (Å²) in [5, 5.41) is 7.52. The van der Waals surface area contributed by atoms with Gasteiger partial charge in [-0.2, -0.15) is 5.10 Å². The number of carbonyl (C=O) groups excluding carboxylic acids is 2. The van der Waals surface area contributed by atoms with E-state index in [1.165, 1.54) is 17.2 Å². The lowest BCUT2D eigenvalue weighted by Gasteiger charge is -2.30. The Bertz CT molecular complexity index is 1040. The molecule has 31 heavy (non-hydrogen) atoms. The minimum absolute atomic E-state index is 0.216. The van der Waals surface area contributed by atoms with Crippen LogP contribution >= 0.6 is 0 Å². The molecule has 1 N–H and O–H groups in total. The number of ether oxygens (including phenoxy) is 1. The Balaban J connectivity index is 2.13. The summed E-state index contributed by atoms with van der Waals surface area (Å²) < 4.78 is 19.6. The average Bonchev–Trinajstić information content (AvgIpc) is 3.05. The van der Waals surface area contributed by atoms with Gasteiger partial charge in [0.05, 0.1) is 6.10 Å². The number of aromatic amines is 1. The number of benzene rings is 1. The zero-order chi connectivity index (χ0) is 22.9. The minimum Gasteiger partial charge on any atom is -0.459 e. The maximum Gasteiger partial charge on any atom is 0.342 e. The van der Waals surface area contributed by atoms with Gasteiger partial charge in [0.25, 0.3) is 5.91 Å². The van der Waals surface area contributed by atoms with E-state index in [2.05, 4.69) is 17.1 Å². The van der Waals surface area contributed by atoms with Crippen LogP contribution in [0.2, 0.25) is 0 Å². The van der Waals surface area contributed by atoms with Crippen LogP contribution in [0.15, 0.2) is 24.4 Å². The molecule has 0 atom stereocenters. The first kappa shape index (κ1) is 22.7. The number of nitrogens with zero attached hydrogens (tertiary/aromatic N) is 2. The number of hydrogen-bond acceptors (Lipinski definition) is 4. The number of fused-ring (bicyclic) bond motifs is 1. The normalized spacial score (nSPS) is 15.4. The molecule has 2 aromatic rings. The number of aromatic nitrogens is 2. The molecule has 0 saturated heterocycles. The molecule has 1 aromatic heterocycles. The van der Waals surface area contributed by atoms with E-state index in [-0.39, 0.29) is 23.1 Å². The van der Waals surface area contributed by atoms with E-state index in [0.717, 1.165) is 24.1 Å². The molecule has 0 fully saturated rings. The molecular weight excluding hydrogens is 397 g/mol. The Morgan fingerprint density at radius 1 is 1.32 bits per heavy atom. The summed E-state index contributed by atoms with van der Waals surface area (Å²) >= 11 is 0. The van der Waals surface area contributed by atoms with Crippen molar-refractivity contribution in [3.63, 3.8) is 0 Å². The highest BCUT2D eigenvalue weighted by Crippen LogP contribution is 2.37. The van der Waals surface area contributed by atoms with E-state index in [4.69, 9.17) is 4.74 Å². The molecule has 1 aliphatic heterocycles. The van der Waals surface area contributed by atoms with Crippen LogP contribution in [0.3, 0.4) is 0 Å². The van der Waals surface area contributed by atoms with E-state index in [1.807, 2.05) is 13.8 Å². The van der Waals surface area contributed by atoms with E-state index >= 15 is 0 Å². The Hall–Kier alpha value is -2.96. The monoisotopic (exact) mass is 427 g/mol. The van der Waals surface area contributed by atoms with Crippen molar-refractivity contribution >= 4 is 17.4 Å². The molecule has 1 aromatic carbocycles. The Kier molecular flexibility index (Phi) is 6.34. The summed E-state index contributed by atoms with van der Waals surface area (Å²) in [6.07, 6.45) is 2.85. The van der Waals surface area contributed by atoms with Crippen LogP contribution in [0.25, 0.3) is 5.57 Å². The van der Waals surface area contributed by atoms with Crippen molar-refractivity contribution in [1.82, 2.24) is 15.1 Å². The van der Waals surface area contributed by atoms with Gasteiger partial charge in [-0.25, -0.2) is 9.18 Å². The SMILES string of the molecule is CCCc1[nH]nc2c1C(C)(C)CN(C(=O)c1ccc(C)c(F)c1)C=C2C(=O)OC(C)C. The molecule has 0 unspecified atom stereocenters. The third-order valence-corrected chi connectivity index (χ3v) is 5.37. The number of carbonyl (C=O) groups is 2. The molecule has 1 aliphatic rings.